The van der Waals surface area contributed by atoms with Crippen LogP contribution in [0.15, 0.2) is 76.6 Å². The molecule has 0 aliphatic carbocycles. The van der Waals surface area contributed by atoms with Crippen molar-refractivity contribution in [2.75, 3.05) is 57.5 Å². The van der Waals surface area contributed by atoms with Crippen LogP contribution in [-0.2, 0) is 9.53 Å². The molecule has 1 atom stereocenters. The zero-order valence-electron chi connectivity index (χ0n) is 28.0. The lowest BCUT2D eigenvalue weighted by Gasteiger charge is -2.34. The van der Waals surface area contributed by atoms with Gasteiger partial charge in [-0.05, 0) is 68.5 Å². The highest BCUT2D eigenvalue weighted by molar-refractivity contribution is 7.27. The molecule has 50 heavy (non-hydrogen) atoms. The number of benzene rings is 2. The second-order valence-corrected chi connectivity index (χ2v) is 12.5. The Kier molecular flexibility index (Phi) is 11.6. The minimum absolute atomic E-state index is 0.131. The highest BCUT2D eigenvalue weighted by atomic mass is 31.0. The topological polar surface area (TPSA) is 154 Å². The molecule has 0 bridgehead atoms. The molecular formula is C35H39FN7O6P. The molecule has 3 N–H and O–H groups in total. The SMILES string of the molecule is COCCN1CCN(C(=O)/C=C/c2c(Oc3ccc(NC(=O)c4cn(C(C)C)c(=O)n(-c5ccc(F)cc5)c4=O)cc3P)ccnc2N)CC1. The van der Waals surface area contributed by atoms with E-state index in [9.17, 15) is 23.6 Å². The molecule has 262 valence electrons. The first kappa shape index (κ1) is 36.1. The fourth-order valence-electron chi connectivity index (χ4n) is 5.35. The molecule has 1 unspecified atom stereocenters. The average Bonchev–Trinajstić information content (AvgIpc) is 3.09. The van der Waals surface area contributed by atoms with Gasteiger partial charge in [-0.25, -0.2) is 18.7 Å². The van der Waals surface area contributed by atoms with Crippen molar-refractivity contribution in [1.82, 2.24) is 23.9 Å². The van der Waals surface area contributed by atoms with Gasteiger partial charge in [-0.2, -0.15) is 0 Å². The second kappa shape index (κ2) is 16.0. The van der Waals surface area contributed by atoms with Gasteiger partial charge in [0.15, 0.2) is 0 Å². The molecule has 0 radical (unpaired) electrons. The first-order valence-electron chi connectivity index (χ1n) is 15.9. The predicted molar refractivity (Wildman–Crippen MR) is 193 cm³/mol. The van der Waals surface area contributed by atoms with Crippen LogP contribution in [-0.4, -0.2) is 82.2 Å². The number of methoxy groups -OCH3 is 1. The first-order chi connectivity index (χ1) is 24.0. The Balaban J connectivity index is 1.32. The second-order valence-electron chi connectivity index (χ2n) is 11.9. The zero-order valence-corrected chi connectivity index (χ0v) is 29.1. The molecule has 0 spiro atoms. The maximum Gasteiger partial charge on any atom is 0.335 e. The van der Waals surface area contributed by atoms with Gasteiger partial charge < -0.3 is 25.4 Å². The third-order valence-electron chi connectivity index (χ3n) is 8.16. The lowest BCUT2D eigenvalue weighted by atomic mass is 10.2. The Labute approximate surface area is 290 Å². The van der Waals surface area contributed by atoms with Crippen molar-refractivity contribution in [2.24, 2.45) is 0 Å². The summed E-state index contributed by atoms with van der Waals surface area (Å²) in [6, 6.07) is 11.0. The van der Waals surface area contributed by atoms with Gasteiger partial charge in [-0.15, -0.1) is 9.24 Å². The molecule has 2 aromatic carbocycles. The molecule has 0 saturated carbocycles. The summed E-state index contributed by atoms with van der Waals surface area (Å²) in [4.78, 5) is 61.1. The number of pyridine rings is 1. The normalized spacial score (nSPS) is 13.6. The number of nitrogens with one attached hydrogen (secondary N) is 1. The van der Waals surface area contributed by atoms with E-state index >= 15 is 0 Å². The molecule has 3 heterocycles. The third-order valence-corrected chi connectivity index (χ3v) is 8.61. The van der Waals surface area contributed by atoms with Gasteiger partial charge in [0.1, 0.15) is 28.7 Å². The van der Waals surface area contributed by atoms with Gasteiger partial charge in [-0.3, -0.25) is 23.9 Å². The molecule has 1 aliphatic heterocycles. The van der Waals surface area contributed by atoms with E-state index in [1.165, 1.54) is 35.2 Å². The Morgan fingerprint density at radius 1 is 1.06 bits per heavy atom. The van der Waals surface area contributed by atoms with Crippen molar-refractivity contribution in [3.63, 3.8) is 0 Å². The quantitative estimate of drug-likeness (QED) is 0.177. The van der Waals surface area contributed by atoms with Crippen molar-refractivity contribution < 1.29 is 23.5 Å². The lowest BCUT2D eigenvalue weighted by Crippen LogP contribution is -2.48. The Hall–Kier alpha value is -5.17. The van der Waals surface area contributed by atoms with Gasteiger partial charge in [0.2, 0.25) is 5.91 Å². The number of nitrogens with zero attached hydrogens (tertiary/aromatic N) is 5. The number of amides is 2. The van der Waals surface area contributed by atoms with Gasteiger partial charge in [0.25, 0.3) is 11.5 Å². The molecule has 2 amide bonds. The molecule has 5 rings (SSSR count). The summed E-state index contributed by atoms with van der Waals surface area (Å²) < 4.78 is 27.0. The smallest absolute Gasteiger partial charge is 0.335 e. The van der Waals surface area contributed by atoms with Gasteiger partial charge in [0.05, 0.1) is 17.9 Å². The summed E-state index contributed by atoms with van der Waals surface area (Å²) in [7, 11) is 4.20. The number of anilines is 2. The first-order valence-corrected chi connectivity index (χ1v) is 16.5. The third kappa shape index (κ3) is 8.33. The van der Waals surface area contributed by atoms with E-state index in [2.05, 4.69) is 24.4 Å². The number of piperazine rings is 1. The maximum absolute atomic E-state index is 13.6. The minimum Gasteiger partial charge on any atom is -0.456 e. The molecule has 4 aromatic rings. The van der Waals surface area contributed by atoms with E-state index in [-0.39, 0.29) is 29.0 Å². The van der Waals surface area contributed by atoms with Crippen molar-refractivity contribution in [3.05, 3.63) is 105 Å². The molecule has 13 nitrogen and oxygen atoms in total. The summed E-state index contributed by atoms with van der Waals surface area (Å²) in [5.41, 5.74) is 5.31. The number of hydrogen-bond acceptors (Lipinski definition) is 9. The maximum atomic E-state index is 13.6. The minimum atomic E-state index is -0.847. The summed E-state index contributed by atoms with van der Waals surface area (Å²) in [5.74, 6) is -0.462. The van der Waals surface area contributed by atoms with Crippen molar-refractivity contribution in [2.45, 2.75) is 19.9 Å². The number of rotatable bonds is 11. The number of nitrogen functional groups attached to an aromatic ring is 1. The van der Waals surface area contributed by atoms with Crippen LogP contribution in [0.1, 0.15) is 35.8 Å². The van der Waals surface area contributed by atoms with E-state index in [0.717, 1.165) is 36.3 Å². The number of aromatic nitrogens is 3. The molecule has 2 aromatic heterocycles. The molecule has 1 fully saturated rings. The number of carbonyl (C=O) groups excluding carboxylic acids is 2. The highest BCUT2D eigenvalue weighted by Gasteiger charge is 2.22. The molecule has 15 heteroatoms. The number of halogens is 1. The van der Waals surface area contributed by atoms with E-state index in [1.54, 1.807) is 56.2 Å². The summed E-state index contributed by atoms with van der Waals surface area (Å²) in [5, 5.41) is 3.27. The monoisotopic (exact) mass is 703 g/mol. The van der Waals surface area contributed by atoms with E-state index in [4.69, 9.17) is 15.2 Å². The van der Waals surface area contributed by atoms with Crippen LogP contribution in [0.25, 0.3) is 11.8 Å². The van der Waals surface area contributed by atoms with Gasteiger partial charge in [-0.1, -0.05) is 0 Å². The number of nitrogens with two attached hydrogens (primary N) is 1. The van der Waals surface area contributed by atoms with Crippen LogP contribution in [0, 0.1) is 5.82 Å². The molecule has 1 saturated heterocycles. The van der Waals surface area contributed by atoms with Crippen LogP contribution in [0.2, 0.25) is 0 Å². The summed E-state index contributed by atoms with van der Waals surface area (Å²) >= 11 is 0. The summed E-state index contributed by atoms with van der Waals surface area (Å²) in [6.07, 6.45) is 5.76. The van der Waals surface area contributed by atoms with E-state index < -0.39 is 23.0 Å². The number of ether oxygens (including phenoxy) is 2. The number of carbonyl (C=O) groups is 2. The standard InChI is InChI=1S/C35H39FN7O6P/c1-22(2)42-21-27(34(46)43(35(42)47)25-7-4-23(36)5-8-25)33(45)39-24-6-10-29(30(50)20-24)49-28-12-13-38-32(37)26(28)9-11-31(44)41-16-14-40(15-17-41)18-19-48-3/h4-13,20-22H,14-19,50H2,1-3H3,(H2,37,38)(H,39,45)/b11-9+. The Bertz CT molecular complexity index is 2020. The van der Waals surface area contributed by atoms with Gasteiger partial charge >= 0.3 is 5.69 Å². The van der Waals surface area contributed by atoms with Crippen LogP contribution in [0.3, 0.4) is 0 Å². The van der Waals surface area contributed by atoms with Crippen LogP contribution < -0.4 is 32.3 Å². The van der Waals surface area contributed by atoms with Crippen LogP contribution in [0.5, 0.6) is 11.5 Å². The fourth-order valence-corrected chi connectivity index (χ4v) is 5.69. The largest absolute Gasteiger partial charge is 0.456 e. The fraction of sp³-hybridized carbons (Fsp3) is 0.286. The molecular weight excluding hydrogens is 664 g/mol. The van der Waals surface area contributed by atoms with E-state index in [1.807, 2.05) is 0 Å². The van der Waals surface area contributed by atoms with Crippen molar-refractivity contribution in [3.8, 4) is 17.2 Å². The number of hydrogen-bond donors (Lipinski definition) is 2. The van der Waals surface area contributed by atoms with Gasteiger partial charge in [0, 0.05) is 75.3 Å². The predicted octanol–water partition coefficient (Wildman–Crippen LogP) is 3.05. The molecule has 1 aliphatic rings. The van der Waals surface area contributed by atoms with Crippen molar-refractivity contribution >= 4 is 43.9 Å². The Morgan fingerprint density at radius 3 is 2.44 bits per heavy atom. The van der Waals surface area contributed by atoms with Crippen molar-refractivity contribution in [1.29, 1.82) is 0 Å². The van der Waals surface area contributed by atoms with Crippen LogP contribution >= 0.6 is 9.24 Å². The highest BCUT2D eigenvalue weighted by Crippen LogP contribution is 2.30. The zero-order chi connectivity index (χ0) is 35.9. The summed E-state index contributed by atoms with van der Waals surface area (Å²) in [6.45, 7) is 7.67. The van der Waals surface area contributed by atoms with Crippen LogP contribution in [0.4, 0.5) is 15.9 Å². The average molecular weight is 704 g/mol. The lowest BCUT2D eigenvalue weighted by molar-refractivity contribution is -0.127. The van der Waals surface area contributed by atoms with E-state index in [0.29, 0.717) is 47.8 Å². The Morgan fingerprint density at radius 2 is 1.78 bits per heavy atom.